The number of aromatic carboxylic acids is 1. The van der Waals surface area contributed by atoms with Crippen molar-refractivity contribution in [3.63, 3.8) is 0 Å². The highest BCUT2D eigenvalue weighted by molar-refractivity contribution is 5.84. The minimum Gasteiger partial charge on any atom is -0.476 e. The number of nitrogens with zero attached hydrogens (tertiary/aromatic N) is 5. The molecule has 1 fully saturated rings. The monoisotopic (exact) mass is 281 g/mol. The molecule has 1 N–H and O–H groups in total. The fraction of sp³-hybridized carbons (Fsp3) is 0.545. The first-order valence-electron chi connectivity index (χ1n) is 6.14. The number of carboxylic acid groups (broad SMARTS) is 1. The molecule has 0 unspecified atom stereocenters. The number of amides is 2. The molecular weight excluding hydrogens is 266 g/mol. The molecule has 108 valence electrons. The molecule has 1 aromatic rings. The molecule has 0 aliphatic carbocycles. The van der Waals surface area contributed by atoms with Gasteiger partial charge < -0.3 is 14.9 Å². The molecule has 2 amide bonds. The number of hydrogen-bond donors (Lipinski definition) is 1. The Kier molecular flexibility index (Phi) is 3.97. The number of piperazine rings is 1. The molecule has 0 radical (unpaired) electrons. The molecule has 1 aliphatic heterocycles. The van der Waals surface area contributed by atoms with Crippen molar-refractivity contribution in [3.8, 4) is 0 Å². The summed E-state index contributed by atoms with van der Waals surface area (Å²) in [6.45, 7) is 3.41. The highest BCUT2D eigenvalue weighted by atomic mass is 16.4. The number of carbonyl (C=O) groups excluding carboxylic acids is 2. The van der Waals surface area contributed by atoms with Crippen LogP contribution in [0.4, 0.5) is 0 Å². The third-order valence-electron chi connectivity index (χ3n) is 3.13. The lowest BCUT2D eigenvalue weighted by Gasteiger charge is -2.34. The van der Waals surface area contributed by atoms with Crippen molar-refractivity contribution in [1.82, 2.24) is 24.8 Å². The molecule has 1 aliphatic rings. The molecule has 9 heteroatoms. The van der Waals surface area contributed by atoms with Crippen molar-refractivity contribution in [2.24, 2.45) is 0 Å². The molecule has 1 aromatic heterocycles. The molecule has 9 nitrogen and oxygen atoms in total. The molecule has 1 saturated heterocycles. The summed E-state index contributed by atoms with van der Waals surface area (Å²) in [5.74, 6) is -1.35. The van der Waals surface area contributed by atoms with Gasteiger partial charge in [0, 0.05) is 33.1 Å². The summed E-state index contributed by atoms with van der Waals surface area (Å²) in [5.41, 5.74) is -0.195. The number of rotatable bonds is 3. The van der Waals surface area contributed by atoms with Gasteiger partial charge >= 0.3 is 5.97 Å². The summed E-state index contributed by atoms with van der Waals surface area (Å²) in [6.07, 6.45) is 1.21. The predicted molar refractivity (Wildman–Crippen MR) is 65.8 cm³/mol. The highest BCUT2D eigenvalue weighted by Crippen LogP contribution is 2.04. The number of aromatic nitrogens is 3. The van der Waals surface area contributed by atoms with Crippen LogP contribution < -0.4 is 0 Å². The maximum atomic E-state index is 12.0. The number of carbonyl (C=O) groups is 3. The lowest BCUT2D eigenvalue weighted by Crippen LogP contribution is -2.50. The Balaban J connectivity index is 1.89. The highest BCUT2D eigenvalue weighted by Gasteiger charge is 2.22. The first-order valence-corrected chi connectivity index (χ1v) is 6.14. The van der Waals surface area contributed by atoms with Crippen molar-refractivity contribution in [2.75, 3.05) is 26.2 Å². The van der Waals surface area contributed by atoms with Gasteiger partial charge in [-0.15, -0.1) is 5.10 Å². The van der Waals surface area contributed by atoms with Crippen LogP contribution in [0, 0.1) is 0 Å². The average molecular weight is 281 g/mol. The minimum absolute atomic E-state index is 0.000486. The second kappa shape index (κ2) is 5.68. The molecule has 20 heavy (non-hydrogen) atoms. The molecule has 0 atom stereocenters. The van der Waals surface area contributed by atoms with Crippen molar-refractivity contribution in [1.29, 1.82) is 0 Å². The van der Waals surface area contributed by atoms with Gasteiger partial charge in [0.1, 0.15) is 6.54 Å². The van der Waals surface area contributed by atoms with Gasteiger partial charge in [-0.2, -0.15) is 0 Å². The topological polar surface area (TPSA) is 109 Å². The van der Waals surface area contributed by atoms with E-state index >= 15 is 0 Å². The summed E-state index contributed by atoms with van der Waals surface area (Å²) in [6, 6.07) is 0. The van der Waals surface area contributed by atoms with E-state index in [0.29, 0.717) is 26.2 Å². The molecular formula is C11H15N5O4. The summed E-state index contributed by atoms with van der Waals surface area (Å²) in [7, 11) is 0. The quantitative estimate of drug-likeness (QED) is 0.735. The maximum Gasteiger partial charge on any atom is 0.358 e. The zero-order valence-corrected chi connectivity index (χ0v) is 11.0. The van der Waals surface area contributed by atoms with E-state index in [1.54, 1.807) is 9.80 Å². The van der Waals surface area contributed by atoms with Crippen LogP contribution in [0.1, 0.15) is 17.4 Å². The zero-order chi connectivity index (χ0) is 14.7. The van der Waals surface area contributed by atoms with Crippen LogP contribution in [0.3, 0.4) is 0 Å². The second-order valence-corrected chi connectivity index (χ2v) is 4.49. The van der Waals surface area contributed by atoms with Crippen molar-refractivity contribution >= 4 is 17.8 Å². The van der Waals surface area contributed by atoms with E-state index in [4.69, 9.17) is 5.11 Å². The Bertz CT molecular complexity index is 533. The molecule has 0 bridgehead atoms. The van der Waals surface area contributed by atoms with Gasteiger partial charge in [-0.1, -0.05) is 5.21 Å². The van der Waals surface area contributed by atoms with Crippen molar-refractivity contribution in [3.05, 3.63) is 11.9 Å². The van der Waals surface area contributed by atoms with Crippen LogP contribution in [0.15, 0.2) is 6.20 Å². The minimum atomic E-state index is -1.18. The van der Waals surface area contributed by atoms with E-state index in [1.807, 2.05) is 0 Å². The summed E-state index contributed by atoms with van der Waals surface area (Å²) in [4.78, 5) is 37.1. The Morgan fingerprint density at radius 1 is 1.20 bits per heavy atom. The van der Waals surface area contributed by atoms with E-state index < -0.39 is 5.97 Å². The third-order valence-corrected chi connectivity index (χ3v) is 3.13. The average Bonchev–Trinajstić information content (AvgIpc) is 2.87. The predicted octanol–water partition coefficient (Wildman–Crippen LogP) is -1.33. The van der Waals surface area contributed by atoms with Crippen LogP contribution in [0.5, 0.6) is 0 Å². The van der Waals surface area contributed by atoms with Gasteiger partial charge in [-0.25, -0.2) is 9.48 Å². The summed E-state index contributed by atoms with van der Waals surface area (Å²) >= 11 is 0. The first-order chi connectivity index (χ1) is 9.47. The molecule has 0 aromatic carbocycles. The van der Waals surface area contributed by atoms with E-state index in [0.717, 1.165) is 0 Å². The van der Waals surface area contributed by atoms with Crippen LogP contribution in [0.25, 0.3) is 0 Å². The zero-order valence-electron chi connectivity index (χ0n) is 11.0. The Labute approximate surface area is 114 Å². The fourth-order valence-corrected chi connectivity index (χ4v) is 1.98. The van der Waals surface area contributed by atoms with Gasteiger partial charge in [0.15, 0.2) is 5.69 Å². The fourth-order valence-electron chi connectivity index (χ4n) is 1.98. The molecule has 2 heterocycles. The Morgan fingerprint density at radius 2 is 1.80 bits per heavy atom. The smallest absolute Gasteiger partial charge is 0.358 e. The Morgan fingerprint density at radius 3 is 2.30 bits per heavy atom. The van der Waals surface area contributed by atoms with Crippen LogP contribution >= 0.6 is 0 Å². The second-order valence-electron chi connectivity index (χ2n) is 4.49. The SMILES string of the molecule is CC(=O)N1CCN(C(=O)Cn2cc(C(=O)O)nn2)CC1. The van der Waals surface area contributed by atoms with Gasteiger partial charge in [0.05, 0.1) is 6.20 Å². The van der Waals surface area contributed by atoms with E-state index in [1.165, 1.54) is 17.8 Å². The lowest BCUT2D eigenvalue weighted by atomic mass is 10.3. The van der Waals surface area contributed by atoms with E-state index in [9.17, 15) is 14.4 Å². The van der Waals surface area contributed by atoms with Gasteiger partial charge in [0.2, 0.25) is 11.8 Å². The third kappa shape index (κ3) is 3.11. The molecule has 2 rings (SSSR count). The first kappa shape index (κ1) is 14.0. The van der Waals surface area contributed by atoms with Gasteiger partial charge in [-0.05, 0) is 0 Å². The molecule has 0 saturated carbocycles. The maximum absolute atomic E-state index is 12.0. The van der Waals surface area contributed by atoms with Crippen LogP contribution in [-0.4, -0.2) is 73.9 Å². The number of hydrogen-bond acceptors (Lipinski definition) is 5. The molecule has 0 spiro atoms. The van der Waals surface area contributed by atoms with Crippen LogP contribution in [-0.2, 0) is 16.1 Å². The normalized spacial score (nSPS) is 15.2. The van der Waals surface area contributed by atoms with Gasteiger partial charge in [-0.3, -0.25) is 9.59 Å². The summed E-state index contributed by atoms with van der Waals surface area (Å²) < 4.78 is 1.20. The standard InChI is InChI=1S/C11H15N5O4/c1-8(17)14-2-4-15(5-3-14)10(18)7-16-6-9(11(19)20)12-13-16/h6H,2-5,7H2,1H3,(H,19,20). The lowest BCUT2D eigenvalue weighted by molar-refractivity contribution is -0.138. The van der Waals surface area contributed by atoms with Crippen LogP contribution in [0.2, 0.25) is 0 Å². The Hall–Kier alpha value is -2.45. The van der Waals surface area contributed by atoms with Crippen molar-refractivity contribution in [2.45, 2.75) is 13.5 Å². The van der Waals surface area contributed by atoms with E-state index in [-0.39, 0.29) is 24.1 Å². The van der Waals surface area contributed by atoms with Gasteiger partial charge in [0.25, 0.3) is 0 Å². The largest absolute Gasteiger partial charge is 0.476 e. The number of carboxylic acids is 1. The van der Waals surface area contributed by atoms with Crippen molar-refractivity contribution < 1.29 is 19.5 Å². The summed E-state index contributed by atoms with van der Waals surface area (Å²) in [5, 5.41) is 15.7. The van der Waals surface area contributed by atoms with E-state index in [2.05, 4.69) is 10.3 Å².